The van der Waals surface area contributed by atoms with Gasteiger partial charge in [-0.2, -0.15) is 13.2 Å². The largest absolute Gasteiger partial charge is 0.417 e. The Kier molecular flexibility index (Phi) is 5.20. The van der Waals surface area contributed by atoms with E-state index < -0.39 is 26.5 Å². The van der Waals surface area contributed by atoms with Gasteiger partial charge in [0.1, 0.15) is 0 Å². The van der Waals surface area contributed by atoms with Gasteiger partial charge in [-0.15, -0.1) is 11.3 Å². The van der Waals surface area contributed by atoms with E-state index in [1.54, 1.807) is 5.38 Å². The molecule has 10 heteroatoms. The summed E-state index contributed by atoms with van der Waals surface area (Å²) in [4.78, 5) is 7.94. The van der Waals surface area contributed by atoms with Crippen molar-refractivity contribution in [1.29, 1.82) is 0 Å². The van der Waals surface area contributed by atoms with Crippen LogP contribution in [0.5, 0.6) is 0 Å². The number of hydrogen-bond donors (Lipinski definition) is 1. The van der Waals surface area contributed by atoms with Crippen molar-refractivity contribution in [3.8, 4) is 11.3 Å². The molecule has 0 aliphatic rings. The van der Waals surface area contributed by atoms with Crippen LogP contribution in [0.4, 0.5) is 24.0 Å². The molecule has 0 saturated carbocycles. The highest BCUT2D eigenvalue weighted by Gasteiger charge is 2.36. The Morgan fingerprint density at radius 1 is 1.04 bits per heavy atom. The zero-order valence-electron chi connectivity index (χ0n) is 15.1. The first-order valence-electron chi connectivity index (χ1n) is 8.03. The number of alkyl halides is 3. The number of pyridine rings is 1. The summed E-state index contributed by atoms with van der Waals surface area (Å²) >= 11 is 1.23. The predicted molar refractivity (Wildman–Crippen MR) is 103 cm³/mol. The summed E-state index contributed by atoms with van der Waals surface area (Å²) in [5, 5.41) is 4.99. The van der Waals surface area contributed by atoms with Crippen molar-refractivity contribution in [1.82, 2.24) is 9.97 Å². The molecule has 0 aliphatic carbocycles. The zero-order valence-corrected chi connectivity index (χ0v) is 16.8. The fraction of sp³-hybridized carbons (Fsp3) is 0.222. The lowest BCUT2D eigenvalue weighted by molar-refractivity contribution is -0.139. The second-order valence-corrected chi connectivity index (χ2v) is 9.12. The topological polar surface area (TPSA) is 72.0 Å². The third kappa shape index (κ3) is 4.50. The van der Waals surface area contributed by atoms with Gasteiger partial charge in [0.2, 0.25) is 0 Å². The lowest BCUT2D eigenvalue weighted by Gasteiger charge is -2.13. The van der Waals surface area contributed by atoms with Crippen molar-refractivity contribution in [3.05, 3.63) is 52.7 Å². The number of anilines is 2. The van der Waals surface area contributed by atoms with Crippen LogP contribution in [0.1, 0.15) is 17.0 Å². The predicted octanol–water partition coefficient (Wildman–Crippen LogP) is 4.99. The monoisotopic (exact) mass is 427 g/mol. The molecule has 148 valence electrons. The molecule has 0 atom stereocenters. The maximum atomic E-state index is 13.3. The van der Waals surface area contributed by atoms with Gasteiger partial charge >= 0.3 is 6.18 Å². The average Bonchev–Trinajstić information content (AvgIpc) is 3.00. The van der Waals surface area contributed by atoms with E-state index in [-0.39, 0.29) is 5.69 Å². The van der Waals surface area contributed by atoms with E-state index >= 15 is 0 Å². The van der Waals surface area contributed by atoms with Gasteiger partial charge in [-0.3, -0.25) is 4.98 Å². The van der Waals surface area contributed by atoms with Crippen LogP contribution < -0.4 is 5.32 Å². The average molecular weight is 427 g/mol. The van der Waals surface area contributed by atoms with Crippen molar-refractivity contribution in [2.75, 3.05) is 11.6 Å². The minimum Gasteiger partial charge on any atom is -0.332 e. The van der Waals surface area contributed by atoms with Crippen LogP contribution in [-0.2, 0) is 16.0 Å². The first-order chi connectivity index (χ1) is 12.9. The third-order valence-corrected chi connectivity index (χ3v) is 5.73. The highest BCUT2D eigenvalue weighted by Crippen LogP contribution is 2.37. The molecule has 0 radical (unpaired) electrons. The molecule has 2 aromatic heterocycles. The van der Waals surface area contributed by atoms with Gasteiger partial charge in [0, 0.05) is 34.3 Å². The smallest absolute Gasteiger partial charge is 0.332 e. The Bertz CT molecular complexity index is 1120. The van der Waals surface area contributed by atoms with Crippen molar-refractivity contribution < 1.29 is 21.6 Å². The Morgan fingerprint density at radius 2 is 1.68 bits per heavy atom. The molecule has 0 unspecified atom stereocenters. The van der Waals surface area contributed by atoms with Gasteiger partial charge in [-0.1, -0.05) is 0 Å². The standard InChI is InChI=1S/C18H16F3N3O2S2/c1-10-6-12(7-11(2)22-10)15-9-27-17(24-15)23-13-4-5-16(28(3,25)26)14(8-13)18(19,20)21/h4-9H,1-3H3,(H,23,24). The van der Waals surface area contributed by atoms with Gasteiger partial charge < -0.3 is 5.32 Å². The molecule has 0 saturated heterocycles. The van der Waals surface area contributed by atoms with Crippen LogP contribution in [-0.4, -0.2) is 24.6 Å². The fourth-order valence-corrected chi connectivity index (χ4v) is 4.35. The number of halogens is 3. The number of hydrogen-bond acceptors (Lipinski definition) is 6. The fourth-order valence-electron chi connectivity index (χ4n) is 2.72. The molecule has 0 amide bonds. The van der Waals surface area contributed by atoms with Crippen molar-refractivity contribution in [2.45, 2.75) is 24.9 Å². The normalized spacial score (nSPS) is 12.2. The van der Waals surface area contributed by atoms with Crippen LogP contribution in [0.25, 0.3) is 11.3 Å². The molecule has 28 heavy (non-hydrogen) atoms. The minimum absolute atomic E-state index is 0.0997. The van der Waals surface area contributed by atoms with Gasteiger partial charge in [0.05, 0.1) is 16.2 Å². The van der Waals surface area contributed by atoms with E-state index in [4.69, 9.17) is 0 Å². The molecule has 0 spiro atoms. The Labute approximate surface area is 164 Å². The SMILES string of the molecule is Cc1cc(-c2csc(Nc3ccc(S(C)(=O)=O)c(C(F)(F)F)c3)n2)cc(C)n1. The summed E-state index contributed by atoms with van der Waals surface area (Å²) in [6.45, 7) is 3.73. The highest BCUT2D eigenvalue weighted by molar-refractivity contribution is 7.90. The highest BCUT2D eigenvalue weighted by atomic mass is 32.2. The minimum atomic E-state index is -4.80. The maximum Gasteiger partial charge on any atom is 0.417 e. The second kappa shape index (κ2) is 7.17. The molecule has 1 aromatic carbocycles. The summed E-state index contributed by atoms with van der Waals surface area (Å²) in [6.07, 6.45) is -4.05. The number of aromatic nitrogens is 2. The summed E-state index contributed by atoms with van der Waals surface area (Å²) < 4.78 is 63.2. The molecule has 5 nitrogen and oxygen atoms in total. The van der Waals surface area contributed by atoms with Crippen molar-refractivity contribution in [3.63, 3.8) is 0 Å². The van der Waals surface area contributed by atoms with Gasteiger partial charge in [-0.05, 0) is 44.2 Å². The molecular formula is C18H16F3N3O2S2. The number of nitrogens with zero attached hydrogens (tertiary/aromatic N) is 2. The van der Waals surface area contributed by atoms with Crippen LogP contribution in [0.2, 0.25) is 0 Å². The Hall–Kier alpha value is -2.46. The lowest BCUT2D eigenvalue weighted by Crippen LogP contribution is -2.13. The van der Waals surface area contributed by atoms with E-state index in [2.05, 4.69) is 15.3 Å². The summed E-state index contributed by atoms with van der Waals surface area (Å²) in [6, 6.07) is 6.75. The summed E-state index contributed by atoms with van der Waals surface area (Å²) in [7, 11) is -4.01. The Balaban J connectivity index is 1.94. The van der Waals surface area contributed by atoms with Crippen LogP contribution in [0, 0.1) is 13.8 Å². The number of aryl methyl sites for hydroxylation is 2. The Morgan fingerprint density at radius 3 is 2.25 bits per heavy atom. The van der Waals surface area contributed by atoms with Crippen molar-refractivity contribution >= 4 is 32.0 Å². The number of thiazole rings is 1. The van der Waals surface area contributed by atoms with E-state index in [0.29, 0.717) is 10.8 Å². The van der Waals surface area contributed by atoms with Gasteiger partial charge in [0.15, 0.2) is 15.0 Å². The summed E-state index contributed by atoms with van der Waals surface area (Å²) in [5.74, 6) is 0. The molecule has 3 rings (SSSR count). The molecule has 3 aromatic rings. The van der Waals surface area contributed by atoms with Crippen LogP contribution in [0.15, 0.2) is 40.6 Å². The number of benzene rings is 1. The molecule has 2 heterocycles. The third-order valence-electron chi connectivity index (χ3n) is 3.82. The zero-order chi connectivity index (χ0) is 20.7. The lowest BCUT2D eigenvalue weighted by atomic mass is 10.1. The van der Waals surface area contributed by atoms with Crippen LogP contribution in [0.3, 0.4) is 0 Å². The molecule has 0 fully saturated rings. The van der Waals surface area contributed by atoms with E-state index in [0.717, 1.165) is 35.3 Å². The summed E-state index contributed by atoms with van der Waals surface area (Å²) in [5.41, 5.74) is 2.09. The van der Waals surface area contributed by atoms with Crippen LogP contribution >= 0.6 is 11.3 Å². The molecular weight excluding hydrogens is 411 g/mol. The van der Waals surface area contributed by atoms with Gasteiger partial charge in [0.25, 0.3) is 0 Å². The van der Waals surface area contributed by atoms with E-state index in [1.165, 1.54) is 17.4 Å². The van der Waals surface area contributed by atoms with Gasteiger partial charge in [-0.25, -0.2) is 13.4 Å². The number of sulfone groups is 1. The first kappa shape index (κ1) is 20.3. The van der Waals surface area contributed by atoms with E-state index in [9.17, 15) is 21.6 Å². The molecule has 1 N–H and O–H groups in total. The molecule has 0 bridgehead atoms. The number of nitrogens with one attached hydrogen (secondary N) is 1. The second-order valence-electron chi connectivity index (χ2n) is 6.28. The molecule has 0 aliphatic heterocycles. The van der Waals surface area contributed by atoms with Crippen molar-refractivity contribution in [2.24, 2.45) is 0 Å². The quantitative estimate of drug-likeness (QED) is 0.635. The maximum absolute atomic E-state index is 13.3. The number of rotatable bonds is 4. The first-order valence-corrected chi connectivity index (χ1v) is 10.8. The van der Waals surface area contributed by atoms with E-state index in [1.807, 2.05) is 26.0 Å².